The minimum atomic E-state index is -0.162. The van der Waals surface area contributed by atoms with E-state index in [0.29, 0.717) is 19.1 Å². The number of carbonyl (C=O) groups excluding carboxylic acids is 1. The Balaban J connectivity index is 1.69. The van der Waals surface area contributed by atoms with Crippen LogP contribution in [-0.2, 0) is 17.8 Å². The quantitative estimate of drug-likeness (QED) is 0.358. The van der Waals surface area contributed by atoms with E-state index in [9.17, 15) is 4.79 Å². The second kappa shape index (κ2) is 11.0. The molecule has 184 valence electrons. The van der Waals surface area contributed by atoms with Gasteiger partial charge >= 0.3 is 0 Å². The molecule has 0 saturated heterocycles. The molecule has 3 aromatic rings. The van der Waals surface area contributed by atoms with E-state index in [1.54, 1.807) is 0 Å². The number of ether oxygens (including phenoxy) is 1. The van der Waals surface area contributed by atoms with E-state index in [0.717, 1.165) is 47.5 Å². The van der Waals surface area contributed by atoms with Crippen LogP contribution in [0.1, 0.15) is 67.7 Å². The maximum Gasteiger partial charge on any atom is 0.234 e. The number of carbonyl (C=O) groups is 1. The number of aryl methyl sites for hydroxylation is 1. The number of hydrogen-bond donors (Lipinski definition) is 0. The van der Waals surface area contributed by atoms with Gasteiger partial charge in [-0.15, -0.1) is 0 Å². The molecular weight excluding hydrogens is 432 g/mol. The topological polar surface area (TPSA) is 32.8 Å². The molecule has 1 aliphatic rings. The summed E-state index contributed by atoms with van der Waals surface area (Å²) in [5.74, 6) is 1.30. The lowest BCUT2D eigenvalue weighted by molar-refractivity contribution is -0.120. The van der Waals surface area contributed by atoms with Gasteiger partial charge in [0.25, 0.3) is 0 Å². The fourth-order valence-electron chi connectivity index (χ4n) is 4.90. The predicted octanol–water partition coefficient (Wildman–Crippen LogP) is 6.93. The molecule has 0 aromatic heterocycles. The second-order valence-corrected chi connectivity index (χ2v) is 9.97. The van der Waals surface area contributed by atoms with Crippen molar-refractivity contribution in [1.29, 1.82) is 0 Å². The van der Waals surface area contributed by atoms with Crippen LogP contribution in [0.2, 0.25) is 0 Å². The molecule has 0 fully saturated rings. The lowest BCUT2D eigenvalue weighted by atomic mass is 9.81. The number of benzene rings is 3. The fourth-order valence-corrected chi connectivity index (χ4v) is 4.90. The Labute approximate surface area is 210 Å². The van der Waals surface area contributed by atoms with Gasteiger partial charge in [-0.25, -0.2) is 0 Å². The zero-order chi connectivity index (χ0) is 24.9. The highest BCUT2D eigenvalue weighted by atomic mass is 16.5. The molecule has 0 saturated carbocycles. The summed E-state index contributed by atoms with van der Waals surface area (Å²) in [4.78, 5) is 18.3. The number of fused-ring (bicyclic) bond motifs is 1. The van der Waals surface area contributed by atoms with Crippen molar-refractivity contribution >= 4 is 17.3 Å². The van der Waals surface area contributed by atoms with Crippen molar-refractivity contribution in [2.75, 3.05) is 30.5 Å². The molecule has 1 aliphatic carbocycles. The van der Waals surface area contributed by atoms with Crippen molar-refractivity contribution in [3.63, 3.8) is 0 Å². The van der Waals surface area contributed by atoms with Gasteiger partial charge in [0.1, 0.15) is 5.75 Å². The zero-order valence-corrected chi connectivity index (χ0v) is 21.8. The van der Waals surface area contributed by atoms with Crippen molar-refractivity contribution in [2.24, 2.45) is 0 Å². The summed E-state index contributed by atoms with van der Waals surface area (Å²) in [5, 5.41) is 0. The van der Waals surface area contributed by atoms with Crippen molar-refractivity contribution in [1.82, 2.24) is 0 Å². The summed E-state index contributed by atoms with van der Waals surface area (Å²) in [5.41, 5.74) is 6.89. The number of hydrogen-bond acceptors (Lipinski definition) is 3. The van der Waals surface area contributed by atoms with E-state index in [2.05, 4.69) is 79.4 Å². The van der Waals surface area contributed by atoms with Gasteiger partial charge < -0.3 is 14.5 Å². The Morgan fingerprint density at radius 3 is 2.29 bits per heavy atom. The average Bonchev–Trinajstić information content (AvgIpc) is 2.87. The summed E-state index contributed by atoms with van der Waals surface area (Å²) in [6.07, 6.45) is 2.90. The number of amides is 1. The van der Waals surface area contributed by atoms with E-state index < -0.39 is 0 Å². The fraction of sp³-hybridized carbons (Fsp3) is 0.387. The minimum absolute atomic E-state index is 0.161. The molecule has 4 heteroatoms. The van der Waals surface area contributed by atoms with Gasteiger partial charge in [0.05, 0.1) is 19.1 Å². The molecule has 0 spiro atoms. The molecule has 4 nitrogen and oxygen atoms in total. The molecule has 1 amide bonds. The first-order chi connectivity index (χ1) is 16.9. The highest BCUT2D eigenvalue weighted by Crippen LogP contribution is 2.37. The summed E-state index contributed by atoms with van der Waals surface area (Å²) < 4.78 is 5.78. The summed E-state index contributed by atoms with van der Waals surface area (Å²) in [6, 6.07) is 23.2. The molecule has 0 heterocycles. The smallest absolute Gasteiger partial charge is 0.234 e. The Bertz CT molecular complexity index is 1130. The van der Waals surface area contributed by atoms with Crippen LogP contribution in [0, 0.1) is 0 Å². The van der Waals surface area contributed by atoms with Gasteiger partial charge in [-0.05, 0) is 90.8 Å². The number of nitrogens with zero attached hydrogens (tertiary/aromatic N) is 2. The standard InChI is InChI=1S/C31H38N2O2/c1-6-35-28-19-14-25-8-7-9-29(30(25)20-28)31(34)33(27-17-12-24(13-18-27)22(2)3)21-23-10-15-26(16-11-23)32(4)5/h10-20,22,29H,6-9,21H2,1-5H3. The molecule has 1 atom stereocenters. The van der Waals surface area contributed by atoms with Gasteiger partial charge in [-0.2, -0.15) is 0 Å². The molecule has 3 aromatic carbocycles. The third-order valence-electron chi connectivity index (χ3n) is 6.97. The molecule has 4 rings (SSSR count). The van der Waals surface area contributed by atoms with Crippen molar-refractivity contribution in [2.45, 2.75) is 58.4 Å². The van der Waals surface area contributed by atoms with Crippen LogP contribution in [-0.4, -0.2) is 26.6 Å². The highest BCUT2D eigenvalue weighted by Gasteiger charge is 2.31. The highest BCUT2D eigenvalue weighted by molar-refractivity contribution is 5.98. The van der Waals surface area contributed by atoms with Crippen LogP contribution in [0.25, 0.3) is 0 Å². The largest absolute Gasteiger partial charge is 0.494 e. The Morgan fingerprint density at radius 1 is 0.971 bits per heavy atom. The first-order valence-electron chi connectivity index (χ1n) is 12.8. The van der Waals surface area contributed by atoms with E-state index >= 15 is 0 Å². The van der Waals surface area contributed by atoms with Crippen LogP contribution in [0.4, 0.5) is 11.4 Å². The number of anilines is 2. The number of rotatable bonds is 8. The lowest BCUT2D eigenvalue weighted by Crippen LogP contribution is -2.36. The van der Waals surface area contributed by atoms with E-state index in [1.165, 1.54) is 11.1 Å². The molecule has 0 N–H and O–H groups in total. The third-order valence-corrected chi connectivity index (χ3v) is 6.97. The van der Waals surface area contributed by atoms with Gasteiger partial charge in [0.15, 0.2) is 0 Å². The van der Waals surface area contributed by atoms with Crippen molar-refractivity contribution in [3.8, 4) is 5.75 Å². The molecule has 0 aliphatic heterocycles. The summed E-state index contributed by atoms with van der Waals surface area (Å²) in [7, 11) is 4.08. The molecule has 0 radical (unpaired) electrons. The third kappa shape index (κ3) is 5.70. The zero-order valence-electron chi connectivity index (χ0n) is 21.8. The molecule has 35 heavy (non-hydrogen) atoms. The Morgan fingerprint density at radius 2 is 1.66 bits per heavy atom. The van der Waals surface area contributed by atoms with Crippen LogP contribution in [0.5, 0.6) is 5.75 Å². The van der Waals surface area contributed by atoms with Gasteiger partial charge in [-0.1, -0.05) is 44.2 Å². The van der Waals surface area contributed by atoms with Crippen molar-refractivity contribution in [3.05, 3.63) is 89.0 Å². The average molecular weight is 471 g/mol. The molecule has 0 bridgehead atoms. The lowest BCUT2D eigenvalue weighted by Gasteiger charge is -2.31. The van der Waals surface area contributed by atoms with Crippen LogP contribution < -0.4 is 14.5 Å². The first kappa shape index (κ1) is 24.8. The van der Waals surface area contributed by atoms with Crippen molar-refractivity contribution < 1.29 is 9.53 Å². The van der Waals surface area contributed by atoms with Gasteiger partial charge in [0, 0.05) is 25.5 Å². The SMILES string of the molecule is CCOc1ccc2c(c1)C(C(=O)N(Cc1ccc(N(C)C)cc1)c1ccc(C(C)C)cc1)CCC2. The second-order valence-electron chi connectivity index (χ2n) is 9.97. The maximum atomic E-state index is 14.2. The van der Waals surface area contributed by atoms with Gasteiger partial charge in [-0.3, -0.25) is 4.79 Å². The molecule has 1 unspecified atom stereocenters. The van der Waals surface area contributed by atoms with E-state index in [4.69, 9.17) is 4.74 Å². The minimum Gasteiger partial charge on any atom is -0.494 e. The monoisotopic (exact) mass is 470 g/mol. The van der Waals surface area contributed by atoms with E-state index in [1.807, 2.05) is 32.0 Å². The van der Waals surface area contributed by atoms with Gasteiger partial charge in [0.2, 0.25) is 5.91 Å². The Hall–Kier alpha value is -3.27. The van der Waals surface area contributed by atoms with Crippen LogP contribution in [0.15, 0.2) is 66.7 Å². The maximum absolute atomic E-state index is 14.2. The normalized spacial score (nSPS) is 15.0. The summed E-state index contributed by atoms with van der Waals surface area (Å²) >= 11 is 0. The van der Waals surface area contributed by atoms with E-state index in [-0.39, 0.29) is 11.8 Å². The van der Waals surface area contributed by atoms with Crippen LogP contribution >= 0.6 is 0 Å². The predicted molar refractivity (Wildman–Crippen MR) is 146 cm³/mol. The summed E-state index contributed by atoms with van der Waals surface area (Å²) in [6.45, 7) is 7.55. The first-order valence-corrected chi connectivity index (χ1v) is 12.8. The molecular formula is C31H38N2O2. The van der Waals surface area contributed by atoms with Crippen LogP contribution in [0.3, 0.4) is 0 Å². The Kier molecular flexibility index (Phi) is 7.80.